The molecule has 0 saturated heterocycles. The lowest BCUT2D eigenvalue weighted by molar-refractivity contribution is 0.118. The van der Waals surface area contributed by atoms with Gasteiger partial charge >= 0.3 is 8.80 Å². The largest absolute Gasteiger partial charge is 0.500 e. The van der Waals surface area contributed by atoms with Crippen LogP contribution in [0.2, 0.25) is 12.1 Å². The van der Waals surface area contributed by atoms with Crippen LogP contribution in [-0.4, -0.2) is 83.7 Å². The number of aliphatic hydroxyl groups is 3. The zero-order valence-electron chi connectivity index (χ0n) is 20.1. The smallest absolute Gasteiger partial charge is 0.399 e. The Morgan fingerprint density at radius 2 is 1.10 bits per heavy atom. The van der Waals surface area contributed by atoms with E-state index in [1.165, 1.54) is 37.9 Å². The third-order valence-corrected chi connectivity index (χ3v) is 16.8. The van der Waals surface area contributed by atoms with Crippen molar-refractivity contribution in [2.24, 2.45) is 11.8 Å². The molecule has 0 aliphatic carbocycles. The predicted molar refractivity (Wildman–Crippen MR) is 142 cm³/mol. The van der Waals surface area contributed by atoms with E-state index >= 15 is 0 Å². The Labute approximate surface area is 204 Å². The molecule has 188 valence electrons. The van der Waals surface area contributed by atoms with Gasteiger partial charge in [-0.15, -0.1) is 0 Å². The molecule has 0 bridgehead atoms. The molecule has 0 aromatic heterocycles. The van der Waals surface area contributed by atoms with E-state index in [4.69, 9.17) is 13.3 Å². The number of aliphatic hydroxyl groups excluding tert-OH is 3. The summed E-state index contributed by atoms with van der Waals surface area (Å²) in [6.07, 6.45) is 7.01. The summed E-state index contributed by atoms with van der Waals surface area (Å²) in [4.78, 5) is 0. The molecule has 0 saturated carbocycles. The van der Waals surface area contributed by atoms with Gasteiger partial charge in [0.2, 0.25) is 0 Å². The Hall–Kier alpha value is 1.24. The van der Waals surface area contributed by atoms with E-state index in [1.807, 2.05) is 31.4 Å². The molecule has 31 heavy (non-hydrogen) atoms. The summed E-state index contributed by atoms with van der Waals surface area (Å²) in [7, 11) is 6.10. The summed E-state index contributed by atoms with van der Waals surface area (Å²) in [5, 5.41) is 28.5. The first kappa shape index (κ1) is 32.2. The molecular formula is C20H46O6S3Si2. The summed E-state index contributed by atoms with van der Waals surface area (Å²) >= 11 is 0. The molecule has 0 aromatic carbocycles. The van der Waals surface area contributed by atoms with Crippen LogP contribution in [0, 0.1) is 11.8 Å². The fourth-order valence-corrected chi connectivity index (χ4v) is 12.1. The number of rotatable bonds is 22. The van der Waals surface area contributed by atoms with Gasteiger partial charge in [-0.2, -0.15) is 0 Å². The Morgan fingerprint density at radius 3 is 1.48 bits per heavy atom. The van der Waals surface area contributed by atoms with Crippen LogP contribution >= 0.6 is 31.4 Å². The molecule has 0 rings (SSSR count). The van der Waals surface area contributed by atoms with Gasteiger partial charge in [-0.05, 0) is 40.5 Å². The van der Waals surface area contributed by atoms with Crippen LogP contribution in [-0.2, 0) is 13.3 Å². The second-order valence-electron chi connectivity index (χ2n) is 8.59. The first-order valence-corrected chi connectivity index (χ1v) is 19.8. The van der Waals surface area contributed by atoms with Crippen molar-refractivity contribution >= 4 is 48.3 Å². The summed E-state index contributed by atoms with van der Waals surface area (Å²) in [6, 6.07) is 1.68. The van der Waals surface area contributed by atoms with Crippen LogP contribution in [0.3, 0.4) is 0 Å². The maximum Gasteiger partial charge on any atom is 0.500 e. The molecular weight excluding hydrogens is 489 g/mol. The minimum Gasteiger partial charge on any atom is -0.399 e. The molecule has 3 N–H and O–H groups in total. The van der Waals surface area contributed by atoms with Crippen LogP contribution in [0.25, 0.3) is 0 Å². The average molecular weight is 535 g/mol. The van der Waals surface area contributed by atoms with Gasteiger partial charge in [0.25, 0.3) is 0 Å². The maximum absolute atomic E-state index is 9.49. The van der Waals surface area contributed by atoms with Crippen LogP contribution in [0.5, 0.6) is 0 Å². The quantitative estimate of drug-likeness (QED) is 0.105. The Bertz CT molecular complexity index is 366. The van der Waals surface area contributed by atoms with Gasteiger partial charge in [-0.3, -0.25) is 0 Å². The first-order valence-electron chi connectivity index (χ1n) is 11.3. The average Bonchev–Trinajstić information content (AvgIpc) is 2.79. The molecule has 11 heteroatoms. The lowest BCUT2D eigenvalue weighted by Crippen LogP contribution is -2.49. The van der Waals surface area contributed by atoms with Gasteiger partial charge in [0.05, 0.1) is 0 Å². The lowest BCUT2D eigenvalue weighted by Gasteiger charge is -2.28. The summed E-state index contributed by atoms with van der Waals surface area (Å²) in [5.74, 6) is 3.33. The lowest BCUT2D eigenvalue weighted by atomic mass is 10.1. The summed E-state index contributed by atoms with van der Waals surface area (Å²) < 4.78 is 16.5. The van der Waals surface area contributed by atoms with Gasteiger partial charge in [0.1, 0.15) is 8.07 Å². The Morgan fingerprint density at radius 1 is 0.677 bits per heavy atom. The van der Waals surface area contributed by atoms with Crippen molar-refractivity contribution < 1.29 is 28.6 Å². The molecule has 0 aromatic rings. The predicted octanol–water partition coefficient (Wildman–Crippen LogP) is 4.55. The van der Waals surface area contributed by atoms with Crippen molar-refractivity contribution in [3.05, 3.63) is 0 Å². The van der Waals surface area contributed by atoms with E-state index in [9.17, 15) is 15.3 Å². The zero-order chi connectivity index (χ0) is 23.6. The van der Waals surface area contributed by atoms with Crippen molar-refractivity contribution in [2.75, 3.05) is 51.5 Å². The van der Waals surface area contributed by atoms with Gasteiger partial charge < -0.3 is 28.6 Å². The van der Waals surface area contributed by atoms with Gasteiger partial charge in [0.15, 0.2) is 0 Å². The van der Waals surface area contributed by atoms with Crippen molar-refractivity contribution in [3.8, 4) is 0 Å². The van der Waals surface area contributed by atoms with Crippen LogP contribution in [0.1, 0.15) is 52.4 Å². The second-order valence-corrected chi connectivity index (χ2v) is 20.4. The normalized spacial score (nSPS) is 14.7. The molecule has 0 spiro atoms. The molecule has 0 amide bonds. The molecule has 0 heterocycles. The first-order chi connectivity index (χ1) is 14.9. The molecule has 6 nitrogen and oxygen atoms in total. The minimum absolute atomic E-state index is 0.0249. The molecule has 0 fully saturated rings. The van der Waals surface area contributed by atoms with E-state index in [0.717, 1.165) is 24.3 Å². The zero-order valence-corrected chi connectivity index (χ0v) is 24.6. The Balaban J connectivity index is 3.64. The van der Waals surface area contributed by atoms with E-state index in [1.54, 1.807) is 21.3 Å². The molecule has 2 atom stereocenters. The van der Waals surface area contributed by atoms with Crippen molar-refractivity contribution in [2.45, 2.75) is 64.5 Å². The van der Waals surface area contributed by atoms with Crippen LogP contribution in [0.15, 0.2) is 0 Å². The second kappa shape index (κ2) is 19.5. The van der Waals surface area contributed by atoms with E-state index in [2.05, 4.69) is 13.8 Å². The highest BCUT2D eigenvalue weighted by Gasteiger charge is 2.39. The SMILES string of the molecule is CO[Si](CC(C)CCCCSSSCCCCC(C)C[Si](CO)(CO)CO)(OC)OC. The van der Waals surface area contributed by atoms with Crippen molar-refractivity contribution in [1.29, 1.82) is 0 Å². The summed E-state index contributed by atoms with van der Waals surface area (Å²) in [5.41, 5.74) is 0. The maximum atomic E-state index is 9.49. The fourth-order valence-electron chi connectivity index (χ4n) is 3.62. The Kier molecular flexibility index (Phi) is 20.3. The monoisotopic (exact) mass is 534 g/mol. The van der Waals surface area contributed by atoms with Crippen LogP contribution < -0.4 is 0 Å². The minimum atomic E-state index is -2.45. The number of hydrogen-bond donors (Lipinski definition) is 3. The van der Waals surface area contributed by atoms with E-state index in [-0.39, 0.29) is 18.7 Å². The standard InChI is InChI=1S/C20H46O6S3Si2/c1-19(14-30(16-21,17-22)18-23)10-6-8-12-27-29-28-13-9-7-11-20(2)15-31(24-3,25-4)26-5/h19-23H,6-18H2,1-5H3. The van der Waals surface area contributed by atoms with Gasteiger partial charge in [0, 0.05) is 57.6 Å². The third kappa shape index (κ3) is 14.3. The highest BCUT2D eigenvalue weighted by molar-refractivity contribution is 9.09. The highest BCUT2D eigenvalue weighted by atomic mass is 33.5. The number of unbranched alkanes of at least 4 members (excludes halogenated alkanes) is 2. The topological polar surface area (TPSA) is 88.4 Å². The summed E-state index contributed by atoms with van der Waals surface area (Å²) in [6.45, 7) is 4.42. The van der Waals surface area contributed by atoms with E-state index in [0.29, 0.717) is 11.8 Å². The van der Waals surface area contributed by atoms with E-state index < -0.39 is 16.9 Å². The van der Waals surface area contributed by atoms with Gasteiger partial charge in [-0.25, -0.2) is 0 Å². The van der Waals surface area contributed by atoms with Crippen LogP contribution in [0.4, 0.5) is 0 Å². The third-order valence-electron chi connectivity index (χ3n) is 5.76. The van der Waals surface area contributed by atoms with Crippen molar-refractivity contribution in [1.82, 2.24) is 0 Å². The molecule has 0 aliphatic rings. The highest BCUT2D eigenvalue weighted by Crippen LogP contribution is 2.36. The van der Waals surface area contributed by atoms with Crippen molar-refractivity contribution in [3.63, 3.8) is 0 Å². The van der Waals surface area contributed by atoms with Gasteiger partial charge in [-0.1, -0.05) is 61.1 Å². The number of hydrogen-bond acceptors (Lipinski definition) is 9. The molecule has 2 unspecified atom stereocenters. The molecule has 0 radical (unpaired) electrons. The molecule has 0 aliphatic heterocycles. The fraction of sp³-hybridized carbons (Fsp3) is 1.00.